The number of aromatic nitrogens is 2. The summed E-state index contributed by atoms with van der Waals surface area (Å²) in [6.07, 6.45) is 1.54. The monoisotopic (exact) mass is 441 g/mol. The number of piperazine rings is 1. The molecule has 0 bridgehead atoms. The Kier molecular flexibility index (Phi) is 6.18. The van der Waals surface area contributed by atoms with E-state index < -0.39 is 5.82 Å². The molecule has 1 saturated heterocycles. The lowest BCUT2D eigenvalue weighted by molar-refractivity contribution is 0.208. The maximum atomic E-state index is 13.3. The highest BCUT2D eigenvalue weighted by molar-refractivity contribution is 6.31. The van der Waals surface area contributed by atoms with Crippen LogP contribution in [0.2, 0.25) is 5.02 Å². The van der Waals surface area contributed by atoms with Crippen LogP contribution in [0.3, 0.4) is 0 Å². The lowest BCUT2D eigenvalue weighted by Gasteiger charge is -2.35. The highest BCUT2D eigenvalue weighted by Crippen LogP contribution is 2.25. The molecule has 1 aliphatic rings. The van der Waals surface area contributed by atoms with Gasteiger partial charge in [0.2, 0.25) is 0 Å². The summed E-state index contributed by atoms with van der Waals surface area (Å²) in [5, 5.41) is 2.73. The molecule has 0 atom stereocenters. The van der Waals surface area contributed by atoms with Gasteiger partial charge in [0.05, 0.1) is 17.8 Å². The molecule has 1 aromatic heterocycles. The summed E-state index contributed by atoms with van der Waals surface area (Å²) < 4.78 is 18.6. The van der Waals surface area contributed by atoms with Crippen LogP contribution in [0.1, 0.15) is 0 Å². The first-order chi connectivity index (χ1) is 15.0. The average Bonchev–Trinajstić information content (AvgIpc) is 2.81. The zero-order chi connectivity index (χ0) is 21.8. The Balaban J connectivity index is 1.39. The summed E-state index contributed by atoms with van der Waals surface area (Å²) in [4.78, 5) is 25.1. The first-order valence-electron chi connectivity index (χ1n) is 9.76. The molecule has 1 fully saturated rings. The zero-order valence-corrected chi connectivity index (χ0v) is 17.6. The number of hydrogen-bond donors (Lipinski definition) is 1. The van der Waals surface area contributed by atoms with Gasteiger partial charge in [-0.15, -0.1) is 0 Å². The standard InChI is InChI=1S/C22H21ClFN5O2/c1-31-17-4-2-3-15(11-17)20-13-21(26-14-25-20)28-7-9-29(10-8-28)22(30)27-16-5-6-19(24)18(23)12-16/h2-6,11-14H,7-10H2,1H3,(H,27,30). The Bertz CT molecular complexity index is 1090. The number of rotatable bonds is 4. The number of nitrogens with zero attached hydrogens (tertiary/aromatic N) is 4. The molecular formula is C22H21ClFN5O2. The van der Waals surface area contributed by atoms with E-state index in [0.29, 0.717) is 31.9 Å². The van der Waals surface area contributed by atoms with Gasteiger partial charge >= 0.3 is 6.03 Å². The number of carbonyl (C=O) groups excluding carboxylic acids is 1. The van der Waals surface area contributed by atoms with Gasteiger partial charge in [0.15, 0.2) is 0 Å². The number of carbonyl (C=O) groups is 1. The average molecular weight is 442 g/mol. The van der Waals surface area contributed by atoms with Crippen LogP contribution in [0, 0.1) is 5.82 Å². The normalized spacial score (nSPS) is 13.8. The van der Waals surface area contributed by atoms with Crippen LogP contribution in [0.4, 0.5) is 20.7 Å². The highest BCUT2D eigenvalue weighted by atomic mass is 35.5. The number of nitrogens with one attached hydrogen (secondary N) is 1. The Hall–Kier alpha value is -3.39. The van der Waals surface area contributed by atoms with Gasteiger partial charge in [0, 0.05) is 43.5 Å². The van der Waals surface area contributed by atoms with Crippen LogP contribution in [0.15, 0.2) is 54.9 Å². The van der Waals surface area contributed by atoms with Gasteiger partial charge in [-0.1, -0.05) is 23.7 Å². The second kappa shape index (κ2) is 9.18. The van der Waals surface area contributed by atoms with Gasteiger partial charge in [-0.3, -0.25) is 0 Å². The number of urea groups is 1. The van der Waals surface area contributed by atoms with Gasteiger partial charge in [-0.2, -0.15) is 0 Å². The molecular weight excluding hydrogens is 421 g/mol. The number of ether oxygens (including phenoxy) is 1. The summed E-state index contributed by atoms with van der Waals surface area (Å²) in [5.74, 6) is 1.05. The topological polar surface area (TPSA) is 70.6 Å². The van der Waals surface area contributed by atoms with Gasteiger partial charge in [0.25, 0.3) is 0 Å². The minimum atomic E-state index is -0.522. The predicted molar refractivity (Wildman–Crippen MR) is 118 cm³/mol. The number of amides is 2. The number of halogens is 2. The van der Waals surface area contributed by atoms with Gasteiger partial charge < -0.3 is 19.9 Å². The van der Waals surface area contributed by atoms with Crippen LogP contribution in [0.25, 0.3) is 11.3 Å². The minimum absolute atomic E-state index is 0.0294. The number of anilines is 2. The lowest BCUT2D eigenvalue weighted by Crippen LogP contribution is -2.50. The third-order valence-corrected chi connectivity index (χ3v) is 5.37. The molecule has 1 N–H and O–H groups in total. The Morgan fingerprint density at radius 3 is 2.65 bits per heavy atom. The molecule has 9 heteroatoms. The van der Waals surface area contributed by atoms with E-state index in [1.54, 1.807) is 18.3 Å². The summed E-state index contributed by atoms with van der Waals surface area (Å²) in [7, 11) is 1.63. The lowest BCUT2D eigenvalue weighted by atomic mass is 10.1. The van der Waals surface area contributed by atoms with E-state index in [0.717, 1.165) is 22.8 Å². The Labute approximate surface area is 184 Å². The highest BCUT2D eigenvalue weighted by Gasteiger charge is 2.22. The van der Waals surface area contributed by atoms with Gasteiger partial charge in [0.1, 0.15) is 23.7 Å². The fourth-order valence-electron chi connectivity index (χ4n) is 3.38. The summed E-state index contributed by atoms with van der Waals surface area (Å²) in [6, 6.07) is 13.5. The van der Waals surface area contributed by atoms with Crippen molar-refractivity contribution in [1.29, 1.82) is 0 Å². The van der Waals surface area contributed by atoms with Crippen molar-refractivity contribution < 1.29 is 13.9 Å². The van der Waals surface area contributed by atoms with E-state index in [1.165, 1.54) is 18.2 Å². The summed E-state index contributed by atoms with van der Waals surface area (Å²) >= 11 is 5.78. The third kappa shape index (κ3) is 4.86. The SMILES string of the molecule is COc1cccc(-c2cc(N3CCN(C(=O)Nc4ccc(F)c(Cl)c4)CC3)ncn2)c1. The van der Waals surface area contributed by atoms with Crippen molar-refractivity contribution in [2.45, 2.75) is 0 Å². The van der Waals surface area contributed by atoms with Crippen LogP contribution < -0.4 is 15.0 Å². The molecule has 3 aromatic rings. The first-order valence-corrected chi connectivity index (χ1v) is 10.1. The summed E-state index contributed by atoms with van der Waals surface area (Å²) in [6.45, 7) is 2.32. The predicted octanol–water partition coefficient (Wildman–Crippen LogP) is 4.30. The van der Waals surface area contributed by atoms with Crippen LogP contribution in [0.5, 0.6) is 5.75 Å². The summed E-state index contributed by atoms with van der Waals surface area (Å²) in [5.41, 5.74) is 2.20. The van der Waals surface area contributed by atoms with E-state index in [9.17, 15) is 9.18 Å². The smallest absolute Gasteiger partial charge is 0.321 e. The van der Waals surface area contributed by atoms with Gasteiger partial charge in [-0.05, 0) is 30.3 Å². The van der Waals surface area contributed by atoms with Crippen molar-refractivity contribution in [3.05, 3.63) is 65.7 Å². The van der Waals surface area contributed by atoms with Crippen molar-refractivity contribution >= 4 is 29.1 Å². The van der Waals surface area contributed by atoms with E-state index in [-0.39, 0.29) is 11.1 Å². The molecule has 7 nitrogen and oxygen atoms in total. The molecule has 1 aliphatic heterocycles. The first kappa shape index (κ1) is 20.9. The molecule has 2 amide bonds. The van der Waals surface area contributed by atoms with Crippen molar-refractivity contribution in [2.24, 2.45) is 0 Å². The van der Waals surface area contributed by atoms with Crippen molar-refractivity contribution in [3.8, 4) is 17.0 Å². The van der Waals surface area contributed by atoms with Crippen molar-refractivity contribution in [2.75, 3.05) is 43.5 Å². The maximum absolute atomic E-state index is 13.3. The second-order valence-electron chi connectivity index (χ2n) is 7.03. The number of benzene rings is 2. The molecule has 160 valence electrons. The maximum Gasteiger partial charge on any atom is 0.321 e. The van der Waals surface area contributed by atoms with Crippen molar-refractivity contribution in [3.63, 3.8) is 0 Å². The van der Waals surface area contributed by atoms with Crippen LogP contribution in [-0.2, 0) is 0 Å². The Morgan fingerprint density at radius 2 is 1.90 bits per heavy atom. The molecule has 4 rings (SSSR count). The molecule has 2 heterocycles. The second-order valence-corrected chi connectivity index (χ2v) is 7.43. The minimum Gasteiger partial charge on any atom is -0.497 e. The van der Waals surface area contributed by atoms with Crippen LogP contribution >= 0.6 is 11.6 Å². The zero-order valence-electron chi connectivity index (χ0n) is 16.9. The third-order valence-electron chi connectivity index (χ3n) is 5.08. The molecule has 0 aliphatic carbocycles. The van der Waals surface area contributed by atoms with Crippen molar-refractivity contribution in [1.82, 2.24) is 14.9 Å². The van der Waals surface area contributed by atoms with E-state index in [4.69, 9.17) is 16.3 Å². The van der Waals surface area contributed by atoms with E-state index >= 15 is 0 Å². The fraction of sp³-hybridized carbons (Fsp3) is 0.227. The molecule has 0 saturated carbocycles. The van der Waals surface area contributed by atoms with E-state index in [2.05, 4.69) is 20.2 Å². The quantitative estimate of drug-likeness (QED) is 0.653. The molecule has 31 heavy (non-hydrogen) atoms. The Morgan fingerprint density at radius 1 is 1.10 bits per heavy atom. The van der Waals surface area contributed by atoms with Crippen LogP contribution in [-0.4, -0.2) is 54.2 Å². The number of methoxy groups -OCH3 is 1. The van der Waals surface area contributed by atoms with E-state index in [1.807, 2.05) is 30.3 Å². The molecule has 0 unspecified atom stereocenters. The molecule has 0 radical (unpaired) electrons. The largest absolute Gasteiger partial charge is 0.497 e. The van der Waals surface area contributed by atoms with Gasteiger partial charge in [-0.25, -0.2) is 19.2 Å². The number of hydrogen-bond acceptors (Lipinski definition) is 5. The molecule has 2 aromatic carbocycles. The molecule has 0 spiro atoms. The fourth-order valence-corrected chi connectivity index (χ4v) is 3.56.